The molecule has 0 radical (unpaired) electrons. The van der Waals surface area contributed by atoms with Crippen LogP contribution in [0.25, 0.3) is 0 Å². The van der Waals surface area contributed by atoms with Gasteiger partial charge >= 0.3 is 0 Å². The molecule has 2 atom stereocenters. The van der Waals surface area contributed by atoms with E-state index in [0.717, 1.165) is 18.0 Å². The molecule has 16 heavy (non-hydrogen) atoms. The van der Waals surface area contributed by atoms with E-state index in [1.54, 1.807) is 0 Å². The van der Waals surface area contributed by atoms with E-state index in [9.17, 15) is 0 Å². The largest absolute Gasteiger partial charge is 0.486 e. The first-order chi connectivity index (χ1) is 7.72. The molecular weight excluding hydrogens is 202 g/mol. The minimum atomic E-state index is 0.111. The summed E-state index contributed by atoms with van der Waals surface area (Å²) >= 11 is 0. The normalized spacial score (nSPS) is 20.9. The maximum absolute atomic E-state index is 5.95. The number of hydrogen-bond acceptors (Lipinski definition) is 3. The second-order valence-electron chi connectivity index (χ2n) is 4.23. The van der Waals surface area contributed by atoms with Crippen LogP contribution in [0.4, 0.5) is 0 Å². The van der Waals surface area contributed by atoms with Crippen molar-refractivity contribution in [2.45, 2.75) is 26.0 Å². The van der Waals surface area contributed by atoms with Crippen LogP contribution in [-0.4, -0.2) is 37.2 Å². The van der Waals surface area contributed by atoms with E-state index in [1.807, 2.05) is 24.3 Å². The molecule has 1 aromatic rings. The molecule has 1 aliphatic rings. The van der Waals surface area contributed by atoms with Gasteiger partial charge in [-0.3, -0.25) is 0 Å². The van der Waals surface area contributed by atoms with E-state index in [-0.39, 0.29) is 6.10 Å². The lowest BCUT2D eigenvalue weighted by Crippen LogP contribution is -2.46. The molecule has 0 amide bonds. The molecule has 1 aromatic carbocycles. The Morgan fingerprint density at radius 3 is 2.75 bits per heavy atom. The molecule has 0 aliphatic carbocycles. The zero-order valence-corrected chi connectivity index (χ0v) is 10.1. The molecule has 0 N–H and O–H groups in total. The number of ether oxygens (including phenoxy) is 2. The molecular formula is C13H19NO2. The van der Waals surface area contributed by atoms with Crippen LogP contribution in [0.2, 0.25) is 0 Å². The van der Waals surface area contributed by atoms with Gasteiger partial charge in [-0.1, -0.05) is 19.1 Å². The predicted octanol–water partition coefficient (Wildman–Crippen LogP) is 2.17. The van der Waals surface area contributed by atoms with E-state index in [1.165, 1.54) is 0 Å². The van der Waals surface area contributed by atoms with Crippen molar-refractivity contribution in [1.82, 2.24) is 4.90 Å². The molecule has 1 aliphatic heterocycles. The molecule has 2 unspecified atom stereocenters. The Morgan fingerprint density at radius 1 is 1.38 bits per heavy atom. The molecule has 1 heterocycles. The summed E-state index contributed by atoms with van der Waals surface area (Å²) in [6, 6.07) is 8.20. The molecule has 0 bridgehead atoms. The lowest BCUT2D eigenvalue weighted by atomic mass is 10.1. The lowest BCUT2D eigenvalue weighted by Gasteiger charge is -2.34. The first kappa shape index (κ1) is 11.3. The van der Waals surface area contributed by atoms with Gasteiger partial charge in [0.25, 0.3) is 0 Å². The highest BCUT2D eigenvalue weighted by molar-refractivity contribution is 5.40. The smallest absolute Gasteiger partial charge is 0.161 e. The summed E-state index contributed by atoms with van der Waals surface area (Å²) in [5, 5.41) is 0. The van der Waals surface area contributed by atoms with Crippen LogP contribution in [0.5, 0.6) is 11.5 Å². The van der Waals surface area contributed by atoms with Crippen LogP contribution in [0.1, 0.15) is 13.8 Å². The fraction of sp³-hybridized carbons (Fsp3) is 0.538. The monoisotopic (exact) mass is 221 g/mol. The van der Waals surface area contributed by atoms with E-state index in [0.29, 0.717) is 12.6 Å². The minimum Gasteiger partial charge on any atom is -0.486 e. The van der Waals surface area contributed by atoms with Gasteiger partial charge in [-0.15, -0.1) is 0 Å². The van der Waals surface area contributed by atoms with Crippen LogP contribution in [-0.2, 0) is 0 Å². The van der Waals surface area contributed by atoms with Crippen molar-refractivity contribution in [3.63, 3.8) is 0 Å². The predicted molar refractivity (Wildman–Crippen MR) is 64.1 cm³/mol. The van der Waals surface area contributed by atoms with Gasteiger partial charge in [-0.25, -0.2) is 0 Å². The second-order valence-corrected chi connectivity index (χ2v) is 4.23. The Bertz CT molecular complexity index is 354. The Balaban J connectivity index is 2.08. The average molecular weight is 221 g/mol. The van der Waals surface area contributed by atoms with Crippen molar-refractivity contribution in [2.75, 3.05) is 20.2 Å². The van der Waals surface area contributed by atoms with Crippen LogP contribution >= 0.6 is 0 Å². The summed E-state index contributed by atoms with van der Waals surface area (Å²) in [6.45, 7) is 5.96. The van der Waals surface area contributed by atoms with Crippen LogP contribution in [0.15, 0.2) is 24.3 Å². The summed E-state index contributed by atoms with van der Waals surface area (Å²) in [5.41, 5.74) is 0. The third kappa shape index (κ3) is 2.14. The Labute approximate surface area is 97.0 Å². The third-order valence-corrected chi connectivity index (χ3v) is 3.26. The molecule has 3 nitrogen and oxygen atoms in total. The highest BCUT2D eigenvalue weighted by atomic mass is 16.6. The fourth-order valence-electron chi connectivity index (χ4n) is 1.85. The van der Waals surface area contributed by atoms with Crippen LogP contribution < -0.4 is 9.47 Å². The van der Waals surface area contributed by atoms with Crippen molar-refractivity contribution in [3.05, 3.63) is 24.3 Å². The fourth-order valence-corrected chi connectivity index (χ4v) is 1.85. The quantitative estimate of drug-likeness (QED) is 0.780. The standard InChI is InChI=1S/C13H19NO2/c1-4-14(3)10(2)13-9-15-11-7-5-6-8-12(11)16-13/h5-8,10,13H,4,9H2,1-3H3. The maximum atomic E-state index is 5.95. The van der Waals surface area contributed by atoms with Crippen molar-refractivity contribution in [3.8, 4) is 11.5 Å². The average Bonchev–Trinajstić information content (AvgIpc) is 2.36. The molecule has 0 saturated carbocycles. The van der Waals surface area contributed by atoms with Crippen LogP contribution in [0.3, 0.4) is 0 Å². The van der Waals surface area contributed by atoms with Gasteiger partial charge < -0.3 is 14.4 Å². The molecule has 3 heteroatoms. The first-order valence-corrected chi connectivity index (χ1v) is 5.81. The van der Waals surface area contributed by atoms with Gasteiger partial charge in [-0.2, -0.15) is 0 Å². The van der Waals surface area contributed by atoms with E-state index in [4.69, 9.17) is 9.47 Å². The van der Waals surface area contributed by atoms with Crippen molar-refractivity contribution < 1.29 is 9.47 Å². The molecule has 0 saturated heterocycles. The van der Waals surface area contributed by atoms with Crippen molar-refractivity contribution >= 4 is 0 Å². The van der Waals surface area contributed by atoms with Gasteiger partial charge in [0.2, 0.25) is 0 Å². The van der Waals surface area contributed by atoms with Crippen molar-refractivity contribution in [1.29, 1.82) is 0 Å². The highest BCUT2D eigenvalue weighted by Crippen LogP contribution is 2.32. The Morgan fingerprint density at radius 2 is 2.06 bits per heavy atom. The van der Waals surface area contributed by atoms with E-state index in [2.05, 4.69) is 25.8 Å². The van der Waals surface area contributed by atoms with E-state index >= 15 is 0 Å². The Kier molecular flexibility index (Phi) is 3.34. The molecule has 0 aromatic heterocycles. The highest BCUT2D eigenvalue weighted by Gasteiger charge is 2.27. The first-order valence-electron chi connectivity index (χ1n) is 5.81. The molecule has 0 spiro atoms. The number of para-hydroxylation sites is 2. The lowest BCUT2D eigenvalue weighted by molar-refractivity contribution is 0.0311. The minimum absolute atomic E-state index is 0.111. The number of rotatable bonds is 3. The summed E-state index contributed by atoms with van der Waals surface area (Å²) in [4.78, 5) is 2.27. The summed E-state index contributed by atoms with van der Waals surface area (Å²) < 4.78 is 11.7. The second kappa shape index (κ2) is 4.74. The summed E-state index contributed by atoms with van der Waals surface area (Å²) in [7, 11) is 2.11. The summed E-state index contributed by atoms with van der Waals surface area (Å²) in [5.74, 6) is 1.71. The molecule has 2 rings (SSSR count). The number of nitrogens with zero attached hydrogens (tertiary/aromatic N) is 1. The maximum Gasteiger partial charge on any atom is 0.161 e. The van der Waals surface area contributed by atoms with Gasteiger partial charge in [-0.05, 0) is 32.6 Å². The van der Waals surface area contributed by atoms with Crippen LogP contribution in [0, 0.1) is 0 Å². The summed E-state index contributed by atoms with van der Waals surface area (Å²) in [6.07, 6.45) is 0.111. The number of likely N-dealkylation sites (N-methyl/N-ethyl adjacent to an activating group) is 1. The SMILES string of the molecule is CCN(C)C(C)C1COc2ccccc2O1. The van der Waals surface area contributed by atoms with Crippen molar-refractivity contribution in [2.24, 2.45) is 0 Å². The van der Waals surface area contributed by atoms with Gasteiger partial charge in [0, 0.05) is 6.04 Å². The number of hydrogen-bond donors (Lipinski definition) is 0. The molecule has 0 fully saturated rings. The topological polar surface area (TPSA) is 21.7 Å². The zero-order chi connectivity index (χ0) is 11.5. The Hall–Kier alpha value is -1.22. The van der Waals surface area contributed by atoms with Gasteiger partial charge in [0.15, 0.2) is 11.5 Å². The molecule has 88 valence electrons. The van der Waals surface area contributed by atoms with Gasteiger partial charge in [0.1, 0.15) is 12.7 Å². The zero-order valence-electron chi connectivity index (χ0n) is 10.1. The van der Waals surface area contributed by atoms with E-state index < -0.39 is 0 Å². The number of fused-ring (bicyclic) bond motifs is 1. The number of benzene rings is 1. The van der Waals surface area contributed by atoms with Gasteiger partial charge in [0.05, 0.1) is 0 Å². The third-order valence-electron chi connectivity index (χ3n) is 3.26.